The molecule has 1 fully saturated rings. The van der Waals surface area contributed by atoms with Gasteiger partial charge in [0.1, 0.15) is 0 Å². The molecule has 2 aromatic carbocycles. The Labute approximate surface area is 173 Å². The number of hydrogen-bond acceptors (Lipinski definition) is 3. The zero-order valence-corrected chi connectivity index (χ0v) is 17.2. The Morgan fingerprint density at radius 2 is 1.67 bits per heavy atom. The minimum absolute atomic E-state index is 0.0472. The fourth-order valence-electron chi connectivity index (χ4n) is 3.61. The SMILES string of the molecule is CC1(C)[C@H](Cc2ccccc2)C[C@@H]1C(=O)OC(=O)c1c(Cl)cc(Cl)cc1Cl. The van der Waals surface area contributed by atoms with Crippen molar-refractivity contribution in [3.05, 3.63) is 68.7 Å². The molecule has 0 N–H and O–H groups in total. The molecule has 2 atom stereocenters. The van der Waals surface area contributed by atoms with Crippen LogP contribution in [0.25, 0.3) is 0 Å². The third kappa shape index (κ3) is 4.16. The number of carbonyl (C=O) groups excluding carboxylic acids is 2. The predicted octanol–water partition coefficient (Wildman–Crippen LogP) is 6.24. The van der Waals surface area contributed by atoms with Crippen LogP contribution in [0.4, 0.5) is 0 Å². The van der Waals surface area contributed by atoms with E-state index in [9.17, 15) is 9.59 Å². The van der Waals surface area contributed by atoms with Crippen LogP contribution in [0, 0.1) is 17.3 Å². The molecule has 2 aromatic rings. The largest absolute Gasteiger partial charge is 0.389 e. The second-order valence-electron chi connectivity index (χ2n) is 7.45. The summed E-state index contributed by atoms with van der Waals surface area (Å²) in [7, 11) is 0. The highest BCUT2D eigenvalue weighted by atomic mass is 35.5. The number of halogens is 3. The fourth-order valence-corrected chi connectivity index (χ4v) is 4.58. The number of hydrogen-bond donors (Lipinski definition) is 0. The summed E-state index contributed by atoms with van der Waals surface area (Å²) in [6.45, 7) is 4.06. The van der Waals surface area contributed by atoms with E-state index in [2.05, 4.69) is 12.1 Å². The van der Waals surface area contributed by atoms with Gasteiger partial charge in [-0.2, -0.15) is 0 Å². The summed E-state index contributed by atoms with van der Waals surface area (Å²) in [6, 6.07) is 12.9. The van der Waals surface area contributed by atoms with E-state index in [1.807, 2.05) is 32.0 Å². The molecule has 0 radical (unpaired) electrons. The van der Waals surface area contributed by atoms with E-state index in [1.165, 1.54) is 17.7 Å². The maximum absolute atomic E-state index is 12.6. The monoisotopic (exact) mass is 424 g/mol. The lowest BCUT2D eigenvalue weighted by Gasteiger charge is -2.50. The molecule has 0 spiro atoms. The second kappa shape index (κ2) is 7.83. The standard InChI is InChI=1S/C21H19Cl3O3/c1-21(2)13(8-12-6-4-3-5-7-12)9-15(21)19(25)27-20(26)18-16(23)10-14(22)11-17(18)24/h3-7,10-11,13,15H,8-9H2,1-2H3/t13-,15-/m1/s1. The predicted molar refractivity (Wildman–Crippen MR) is 107 cm³/mol. The maximum atomic E-state index is 12.6. The van der Waals surface area contributed by atoms with Gasteiger partial charge in [-0.05, 0) is 41.9 Å². The maximum Gasteiger partial charge on any atom is 0.348 e. The molecule has 3 rings (SSSR count). The first-order valence-electron chi connectivity index (χ1n) is 8.64. The lowest BCUT2D eigenvalue weighted by Crippen LogP contribution is -2.50. The van der Waals surface area contributed by atoms with E-state index < -0.39 is 11.9 Å². The molecule has 1 saturated carbocycles. The summed E-state index contributed by atoms with van der Waals surface area (Å²) < 4.78 is 5.09. The number of ether oxygens (including phenoxy) is 1. The minimum atomic E-state index is -0.853. The topological polar surface area (TPSA) is 43.4 Å². The highest BCUT2D eigenvalue weighted by Gasteiger charge is 2.52. The molecule has 6 heteroatoms. The Balaban J connectivity index is 1.66. The smallest absolute Gasteiger partial charge is 0.348 e. The highest BCUT2D eigenvalue weighted by Crippen LogP contribution is 2.53. The van der Waals surface area contributed by atoms with Gasteiger partial charge in [-0.1, -0.05) is 79.0 Å². The summed E-state index contributed by atoms with van der Waals surface area (Å²) in [5.74, 6) is -1.40. The van der Waals surface area contributed by atoms with Gasteiger partial charge >= 0.3 is 11.9 Å². The molecule has 0 bridgehead atoms. The summed E-state index contributed by atoms with van der Waals surface area (Å²) in [5, 5.41) is 0.414. The molecule has 1 aliphatic carbocycles. The van der Waals surface area contributed by atoms with Crippen molar-refractivity contribution in [1.29, 1.82) is 0 Å². The molecule has 0 heterocycles. The molecule has 0 unspecified atom stereocenters. The van der Waals surface area contributed by atoms with E-state index in [0.717, 1.165) is 6.42 Å². The number of carbonyl (C=O) groups is 2. The number of benzene rings is 2. The van der Waals surface area contributed by atoms with Gasteiger partial charge in [-0.25, -0.2) is 4.79 Å². The third-order valence-electron chi connectivity index (χ3n) is 5.48. The van der Waals surface area contributed by atoms with Gasteiger partial charge in [0.2, 0.25) is 0 Å². The summed E-state index contributed by atoms with van der Waals surface area (Å²) in [5.41, 5.74) is 0.924. The van der Waals surface area contributed by atoms with Crippen molar-refractivity contribution in [3.8, 4) is 0 Å². The highest BCUT2D eigenvalue weighted by molar-refractivity contribution is 6.42. The zero-order chi connectivity index (χ0) is 19.8. The minimum Gasteiger partial charge on any atom is -0.389 e. The van der Waals surface area contributed by atoms with Crippen molar-refractivity contribution in [2.75, 3.05) is 0 Å². The van der Waals surface area contributed by atoms with Gasteiger partial charge in [0.25, 0.3) is 0 Å². The van der Waals surface area contributed by atoms with Crippen LogP contribution in [0.3, 0.4) is 0 Å². The molecule has 3 nitrogen and oxygen atoms in total. The second-order valence-corrected chi connectivity index (χ2v) is 8.70. The first-order chi connectivity index (χ1) is 12.7. The van der Waals surface area contributed by atoms with Crippen LogP contribution in [0.15, 0.2) is 42.5 Å². The molecule has 1 aliphatic rings. The Hall–Kier alpha value is -1.55. The first-order valence-corrected chi connectivity index (χ1v) is 9.78. The van der Waals surface area contributed by atoms with E-state index in [4.69, 9.17) is 39.5 Å². The van der Waals surface area contributed by atoms with Crippen molar-refractivity contribution in [2.24, 2.45) is 17.3 Å². The molecule has 142 valence electrons. The van der Waals surface area contributed by atoms with Gasteiger partial charge in [0.15, 0.2) is 0 Å². The van der Waals surface area contributed by atoms with Crippen LogP contribution in [0.1, 0.15) is 36.2 Å². The van der Waals surface area contributed by atoms with Gasteiger partial charge in [-0.15, -0.1) is 0 Å². The van der Waals surface area contributed by atoms with Gasteiger partial charge in [0, 0.05) is 5.02 Å². The van der Waals surface area contributed by atoms with Crippen molar-refractivity contribution >= 4 is 46.7 Å². The van der Waals surface area contributed by atoms with Crippen LogP contribution in [0.5, 0.6) is 0 Å². The van der Waals surface area contributed by atoms with Crippen molar-refractivity contribution in [2.45, 2.75) is 26.7 Å². The first kappa shape index (κ1) is 20.2. The average Bonchev–Trinajstić information content (AvgIpc) is 2.58. The fraction of sp³-hybridized carbons (Fsp3) is 0.333. The average molecular weight is 426 g/mol. The number of rotatable bonds is 4. The Morgan fingerprint density at radius 3 is 2.22 bits per heavy atom. The van der Waals surface area contributed by atoms with Gasteiger partial charge < -0.3 is 4.74 Å². The molecule has 27 heavy (non-hydrogen) atoms. The van der Waals surface area contributed by atoms with Crippen molar-refractivity contribution in [1.82, 2.24) is 0 Å². The van der Waals surface area contributed by atoms with Crippen LogP contribution in [-0.4, -0.2) is 11.9 Å². The zero-order valence-electron chi connectivity index (χ0n) is 15.0. The van der Waals surface area contributed by atoms with Crippen LogP contribution in [0.2, 0.25) is 15.1 Å². The van der Waals surface area contributed by atoms with Crippen LogP contribution < -0.4 is 0 Å². The van der Waals surface area contributed by atoms with Crippen molar-refractivity contribution < 1.29 is 14.3 Å². The Morgan fingerprint density at radius 1 is 1.07 bits per heavy atom. The van der Waals surface area contributed by atoms with E-state index in [0.29, 0.717) is 17.4 Å². The summed E-state index contributed by atoms with van der Waals surface area (Å²) in [4.78, 5) is 24.9. The molecular weight excluding hydrogens is 407 g/mol. The number of esters is 2. The van der Waals surface area contributed by atoms with Crippen LogP contribution in [-0.2, 0) is 16.0 Å². The third-order valence-corrected chi connectivity index (χ3v) is 6.30. The quantitative estimate of drug-likeness (QED) is 0.430. The van der Waals surface area contributed by atoms with E-state index in [-0.39, 0.29) is 26.9 Å². The normalized spacial score (nSPS) is 20.6. The molecule has 0 aromatic heterocycles. The van der Waals surface area contributed by atoms with E-state index in [1.54, 1.807) is 0 Å². The summed E-state index contributed by atoms with van der Waals surface area (Å²) >= 11 is 17.9. The summed E-state index contributed by atoms with van der Waals surface area (Å²) in [6.07, 6.45) is 1.57. The van der Waals surface area contributed by atoms with Crippen LogP contribution >= 0.6 is 34.8 Å². The molecule has 0 aliphatic heterocycles. The lowest BCUT2D eigenvalue weighted by molar-refractivity contribution is -0.159. The Bertz CT molecular complexity index is 854. The van der Waals surface area contributed by atoms with Gasteiger partial charge in [-0.3, -0.25) is 4.79 Å². The Kier molecular flexibility index (Phi) is 5.85. The van der Waals surface area contributed by atoms with E-state index >= 15 is 0 Å². The van der Waals surface area contributed by atoms with Gasteiger partial charge in [0.05, 0.1) is 21.5 Å². The lowest BCUT2D eigenvalue weighted by atomic mass is 9.53. The molecular formula is C21H19Cl3O3. The van der Waals surface area contributed by atoms with Crippen molar-refractivity contribution in [3.63, 3.8) is 0 Å². The molecule has 0 saturated heterocycles. The molecule has 0 amide bonds.